The number of carbonyl (C=O) groups excluding carboxylic acids is 2. The molecule has 0 saturated heterocycles. The lowest BCUT2D eigenvalue weighted by Crippen LogP contribution is -2.70. The van der Waals surface area contributed by atoms with Crippen LogP contribution in [0.1, 0.15) is 42.5 Å². The molecule has 1 unspecified atom stereocenters. The molecule has 10 heteroatoms. The Bertz CT molecular complexity index is 1080. The first-order valence-corrected chi connectivity index (χ1v) is 10.7. The van der Waals surface area contributed by atoms with Crippen LogP contribution in [0.5, 0.6) is 5.75 Å². The Morgan fingerprint density at radius 2 is 1.94 bits per heavy atom. The van der Waals surface area contributed by atoms with Crippen LogP contribution in [0.3, 0.4) is 0 Å². The third-order valence-electron chi connectivity index (χ3n) is 6.40. The lowest BCUT2D eigenvalue weighted by molar-refractivity contribution is -0.132. The van der Waals surface area contributed by atoms with Crippen LogP contribution < -0.4 is 20.9 Å². The molecule has 1 heterocycles. The van der Waals surface area contributed by atoms with E-state index in [2.05, 4.69) is 15.6 Å². The number of hydrogen-bond acceptors (Lipinski definition) is 5. The van der Waals surface area contributed by atoms with Gasteiger partial charge in [0.1, 0.15) is 11.6 Å². The molecular formula is C22H23ClFN3O5. The standard InChI is InChI=1S/C22H23ClFN3O5/c23-15-3-2-14(9-16(15)24)32-12-19(30)26-22-7-5-21(6-8-22,10-17(22)28)27-20(31)13-1-4-18(29)25-11-13/h1-4,9,11,17,28H,5-8,10,12H2,(H,25,29)(H,26,30)(H,27,31). The summed E-state index contributed by atoms with van der Waals surface area (Å²) >= 11 is 5.64. The van der Waals surface area contributed by atoms with Gasteiger partial charge in [-0.3, -0.25) is 14.4 Å². The first-order valence-electron chi connectivity index (χ1n) is 10.3. The van der Waals surface area contributed by atoms with Crippen LogP contribution in [-0.4, -0.2) is 45.7 Å². The molecule has 5 rings (SSSR count). The molecule has 1 atom stereocenters. The number of hydrogen-bond donors (Lipinski definition) is 4. The summed E-state index contributed by atoms with van der Waals surface area (Å²) in [7, 11) is 0. The number of benzene rings is 1. The molecule has 1 aromatic heterocycles. The van der Waals surface area contributed by atoms with E-state index in [0.717, 1.165) is 6.07 Å². The molecule has 3 fully saturated rings. The summed E-state index contributed by atoms with van der Waals surface area (Å²) in [4.78, 5) is 38.7. The molecule has 0 aliphatic heterocycles. The summed E-state index contributed by atoms with van der Waals surface area (Å²) in [6.45, 7) is -0.330. The summed E-state index contributed by atoms with van der Waals surface area (Å²) in [6, 6.07) is 6.64. The van der Waals surface area contributed by atoms with Crippen LogP contribution in [-0.2, 0) is 4.79 Å². The Kier molecular flexibility index (Phi) is 5.96. The highest BCUT2D eigenvalue weighted by Gasteiger charge is 2.55. The fraction of sp³-hybridized carbons (Fsp3) is 0.409. The van der Waals surface area contributed by atoms with Gasteiger partial charge in [-0.15, -0.1) is 0 Å². The van der Waals surface area contributed by atoms with Gasteiger partial charge in [-0.25, -0.2) is 4.39 Å². The van der Waals surface area contributed by atoms with E-state index < -0.39 is 28.9 Å². The molecule has 170 valence electrons. The second-order valence-corrected chi connectivity index (χ2v) is 8.87. The Labute approximate surface area is 188 Å². The van der Waals surface area contributed by atoms with Crippen molar-refractivity contribution in [2.75, 3.05) is 6.61 Å². The maximum atomic E-state index is 13.5. The van der Waals surface area contributed by atoms with Crippen molar-refractivity contribution >= 4 is 23.4 Å². The minimum Gasteiger partial charge on any atom is -0.484 e. The Balaban J connectivity index is 1.35. The molecule has 8 nitrogen and oxygen atoms in total. The Morgan fingerprint density at radius 1 is 1.19 bits per heavy atom. The van der Waals surface area contributed by atoms with Gasteiger partial charge in [0.25, 0.3) is 11.8 Å². The molecule has 32 heavy (non-hydrogen) atoms. The number of aromatic amines is 1. The van der Waals surface area contributed by atoms with Crippen LogP contribution >= 0.6 is 11.6 Å². The predicted octanol–water partition coefficient (Wildman–Crippen LogP) is 1.91. The molecule has 0 spiro atoms. The third-order valence-corrected chi connectivity index (χ3v) is 6.70. The molecule has 3 aliphatic carbocycles. The van der Waals surface area contributed by atoms with E-state index in [-0.39, 0.29) is 28.8 Å². The highest BCUT2D eigenvalue weighted by molar-refractivity contribution is 6.30. The van der Waals surface area contributed by atoms with Gasteiger partial charge >= 0.3 is 0 Å². The van der Waals surface area contributed by atoms with E-state index in [0.29, 0.717) is 37.7 Å². The van der Waals surface area contributed by atoms with E-state index in [1.165, 1.54) is 30.5 Å². The number of nitrogens with one attached hydrogen (secondary N) is 3. The summed E-state index contributed by atoms with van der Waals surface area (Å²) in [5.74, 6) is -1.21. The summed E-state index contributed by atoms with van der Waals surface area (Å²) in [5, 5.41) is 16.7. The zero-order valence-corrected chi connectivity index (χ0v) is 17.9. The number of fused-ring (bicyclic) bond motifs is 3. The zero-order valence-electron chi connectivity index (χ0n) is 17.1. The molecule has 1 aromatic carbocycles. The van der Waals surface area contributed by atoms with Crippen LogP contribution in [0.2, 0.25) is 5.02 Å². The van der Waals surface area contributed by atoms with Gasteiger partial charge in [-0.2, -0.15) is 0 Å². The lowest BCUT2D eigenvalue weighted by Gasteiger charge is -2.56. The topological polar surface area (TPSA) is 121 Å². The molecule has 2 amide bonds. The van der Waals surface area contributed by atoms with Crippen LogP contribution in [0, 0.1) is 5.82 Å². The van der Waals surface area contributed by atoms with E-state index in [1.54, 1.807) is 0 Å². The first-order chi connectivity index (χ1) is 15.2. The summed E-state index contributed by atoms with van der Waals surface area (Å²) < 4.78 is 18.8. The van der Waals surface area contributed by atoms with Gasteiger partial charge in [0, 0.05) is 23.9 Å². The number of aliphatic hydroxyl groups excluding tert-OH is 1. The summed E-state index contributed by atoms with van der Waals surface area (Å²) in [6.07, 6.45) is 2.95. The second-order valence-electron chi connectivity index (χ2n) is 8.46. The average molecular weight is 464 g/mol. The molecule has 3 aliphatic rings. The van der Waals surface area contributed by atoms with E-state index in [9.17, 15) is 23.9 Å². The Morgan fingerprint density at radius 3 is 2.56 bits per heavy atom. The number of aliphatic hydroxyl groups is 1. The maximum absolute atomic E-state index is 13.5. The van der Waals surface area contributed by atoms with Crippen molar-refractivity contribution in [2.24, 2.45) is 0 Å². The number of amides is 2. The first kappa shape index (κ1) is 22.3. The molecule has 2 aromatic rings. The van der Waals surface area contributed by atoms with Crippen LogP contribution in [0.4, 0.5) is 4.39 Å². The molecule has 4 N–H and O–H groups in total. The maximum Gasteiger partial charge on any atom is 0.258 e. The molecule has 0 radical (unpaired) electrons. The number of pyridine rings is 1. The van der Waals surface area contributed by atoms with Crippen molar-refractivity contribution in [3.05, 3.63) is 63.3 Å². The van der Waals surface area contributed by atoms with Crippen molar-refractivity contribution in [1.29, 1.82) is 0 Å². The lowest BCUT2D eigenvalue weighted by atomic mass is 9.60. The minimum atomic E-state index is -0.849. The summed E-state index contributed by atoms with van der Waals surface area (Å²) in [5.41, 5.74) is -1.33. The molecule has 3 saturated carbocycles. The van der Waals surface area contributed by atoms with E-state index in [1.807, 2.05) is 0 Å². The fourth-order valence-corrected chi connectivity index (χ4v) is 4.67. The van der Waals surface area contributed by atoms with Crippen LogP contribution in [0.25, 0.3) is 0 Å². The highest BCUT2D eigenvalue weighted by Crippen LogP contribution is 2.47. The van der Waals surface area contributed by atoms with Gasteiger partial charge in [-0.05, 0) is 50.3 Å². The largest absolute Gasteiger partial charge is 0.484 e. The van der Waals surface area contributed by atoms with Crippen molar-refractivity contribution in [2.45, 2.75) is 49.3 Å². The van der Waals surface area contributed by atoms with Crippen LogP contribution in [0.15, 0.2) is 41.3 Å². The smallest absolute Gasteiger partial charge is 0.258 e. The number of rotatable bonds is 6. The van der Waals surface area contributed by atoms with Gasteiger partial charge in [-0.1, -0.05) is 11.6 Å². The highest BCUT2D eigenvalue weighted by atomic mass is 35.5. The minimum absolute atomic E-state index is 0.0376. The number of carbonyl (C=O) groups is 2. The number of H-pyrrole nitrogens is 1. The Hall–Kier alpha value is -2.91. The normalized spacial score (nSPS) is 26.4. The number of aromatic nitrogens is 1. The van der Waals surface area contributed by atoms with Crippen molar-refractivity contribution in [3.8, 4) is 5.75 Å². The predicted molar refractivity (Wildman–Crippen MR) is 114 cm³/mol. The van der Waals surface area contributed by atoms with E-state index in [4.69, 9.17) is 16.3 Å². The van der Waals surface area contributed by atoms with Crippen molar-refractivity contribution in [1.82, 2.24) is 15.6 Å². The number of ether oxygens (including phenoxy) is 1. The van der Waals surface area contributed by atoms with Gasteiger partial charge in [0.2, 0.25) is 5.56 Å². The third kappa shape index (κ3) is 4.49. The molecule has 2 bridgehead atoms. The molecular weight excluding hydrogens is 441 g/mol. The quantitative estimate of drug-likeness (QED) is 0.521. The van der Waals surface area contributed by atoms with Gasteiger partial charge in [0.05, 0.1) is 22.2 Å². The zero-order chi connectivity index (χ0) is 22.9. The van der Waals surface area contributed by atoms with Gasteiger partial charge in [0.15, 0.2) is 6.61 Å². The average Bonchev–Trinajstić information content (AvgIpc) is 2.76. The van der Waals surface area contributed by atoms with Crippen molar-refractivity contribution < 1.29 is 23.8 Å². The number of halogens is 2. The fourth-order valence-electron chi connectivity index (χ4n) is 4.56. The van der Waals surface area contributed by atoms with Crippen molar-refractivity contribution in [3.63, 3.8) is 0 Å². The monoisotopic (exact) mass is 463 g/mol. The SMILES string of the molecule is O=C(COc1ccc(Cl)c(F)c1)NC12CCC(NC(=O)c3ccc(=O)[nH]c3)(CC1)CC2O. The van der Waals surface area contributed by atoms with E-state index >= 15 is 0 Å². The second kappa shape index (κ2) is 8.55. The van der Waals surface area contributed by atoms with Gasteiger partial charge < -0.3 is 25.5 Å².